The Hall–Kier alpha value is -1.98. The highest BCUT2D eigenvalue weighted by molar-refractivity contribution is 5.38. The molecule has 0 saturated carbocycles. The van der Waals surface area contributed by atoms with Gasteiger partial charge in [0.15, 0.2) is 0 Å². The van der Waals surface area contributed by atoms with Crippen LogP contribution in [-0.4, -0.2) is 16.8 Å². The molecule has 0 aliphatic rings. The molecule has 0 aromatic heterocycles. The van der Waals surface area contributed by atoms with Crippen LogP contribution in [0, 0.1) is 13.8 Å². The lowest BCUT2D eigenvalue weighted by molar-refractivity contribution is -0.0503. The molecule has 0 aliphatic carbocycles. The van der Waals surface area contributed by atoms with Crippen molar-refractivity contribution in [2.75, 3.05) is 0 Å². The van der Waals surface area contributed by atoms with Gasteiger partial charge in [0.2, 0.25) is 0 Å². The van der Waals surface area contributed by atoms with Crippen LogP contribution in [0.4, 0.5) is 8.78 Å². The van der Waals surface area contributed by atoms with Crippen LogP contribution in [-0.2, 0) is 0 Å². The predicted molar refractivity (Wildman–Crippen MR) is 78.9 cm³/mol. The summed E-state index contributed by atoms with van der Waals surface area (Å²) in [5, 5.41) is 20.6. The van der Waals surface area contributed by atoms with E-state index in [0.29, 0.717) is 16.7 Å². The number of rotatable bonds is 5. The number of alkyl halides is 2. The van der Waals surface area contributed by atoms with Gasteiger partial charge in [-0.25, -0.2) is 0 Å². The lowest BCUT2D eigenvalue weighted by Gasteiger charge is -2.20. The predicted octanol–water partition coefficient (Wildman–Crippen LogP) is 3.67. The molecule has 2 N–H and O–H groups in total. The van der Waals surface area contributed by atoms with Gasteiger partial charge in [-0.2, -0.15) is 8.78 Å². The highest BCUT2D eigenvalue weighted by Gasteiger charge is 2.21. The summed E-state index contributed by atoms with van der Waals surface area (Å²) in [5.41, 5.74) is 2.47. The Morgan fingerprint density at radius 2 is 1.55 bits per heavy atom. The van der Waals surface area contributed by atoms with Crippen LogP contribution in [0.15, 0.2) is 42.5 Å². The maximum absolute atomic E-state index is 12.2. The van der Waals surface area contributed by atoms with Crippen LogP contribution in [0.5, 0.6) is 5.75 Å². The molecule has 0 bridgehead atoms. The first-order chi connectivity index (χ1) is 10.4. The number of halogens is 2. The van der Waals surface area contributed by atoms with Gasteiger partial charge >= 0.3 is 6.61 Å². The fourth-order valence-electron chi connectivity index (χ4n) is 2.30. The normalized spacial score (nSPS) is 14.0. The zero-order chi connectivity index (χ0) is 16.3. The average Bonchev–Trinajstić information content (AvgIpc) is 2.47. The number of benzene rings is 2. The van der Waals surface area contributed by atoms with Crippen LogP contribution >= 0.6 is 0 Å². The van der Waals surface area contributed by atoms with Crippen LogP contribution < -0.4 is 4.74 Å². The van der Waals surface area contributed by atoms with Crippen LogP contribution in [0.1, 0.15) is 34.5 Å². The Balaban J connectivity index is 2.22. The number of hydrogen-bond donors (Lipinski definition) is 2. The second-order valence-corrected chi connectivity index (χ2v) is 5.21. The first-order valence-corrected chi connectivity index (χ1v) is 6.86. The van der Waals surface area contributed by atoms with Gasteiger partial charge in [0.25, 0.3) is 0 Å². The minimum atomic E-state index is -2.90. The summed E-state index contributed by atoms with van der Waals surface area (Å²) in [5.74, 6) is 0.0518. The molecule has 0 heterocycles. The first kappa shape index (κ1) is 16.4. The smallest absolute Gasteiger partial charge is 0.387 e. The van der Waals surface area contributed by atoms with Crippen molar-refractivity contribution < 1.29 is 23.7 Å². The summed E-state index contributed by atoms with van der Waals surface area (Å²) in [6, 6.07) is 11.6. The minimum Gasteiger partial charge on any atom is -0.435 e. The van der Waals surface area contributed by atoms with E-state index in [1.54, 1.807) is 25.1 Å². The Bertz CT molecular complexity index is 644. The number of aliphatic hydroxyl groups is 2. The molecule has 0 saturated heterocycles. The molecule has 3 nitrogen and oxygen atoms in total. The fourth-order valence-corrected chi connectivity index (χ4v) is 2.30. The van der Waals surface area contributed by atoms with Gasteiger partial charge in [0.05, 0.1) is 0 Å². The van der Waals surface area contributed by atoms with Crippen LogP contribution in [0.2, 0.25) is 0 Å². The molecule has 2 aromatic carbocycles. The molecular weight excluding hydrogens is 290 g/mol. The van der Waals surface area contributed by atoms with Crippen molar-refractivity contribution in [3.05, 3.63) is 64.7 Å². The number of aliphatic hydroxyl groups excluding tert-OH is 2. The van der Waals surface area contributed by atoms with Crippen molar-refractivity contribution in [3.63, 3.8) is 0 Å². The molecular formula is C17H18F2O3. The van der Waals surface area contributed by atoms with Gasteiger partial charge in [-0.3, -0.25) is 0 Å². The molecule has 0 spiro atoms. The van der Waals surface area contributed by atoms with Gasteiger partial charge in [-0.05, 0) is 42.7 Å². The SMILES string of the molecule is Cc1cccc(C(O)C(O)c2ccc(OC(F)F)c(C)c2)c1. The molecule has 2 unspecified atom stereocenters. The summed E-state index contributed by atoms with van der Waals surface area (Å²) in [6.07, 6.45) is -2.25. The summed E-state index contributed by atoms with van der Waals surface area (Å²) in [6.45, 7) is 0.600. The van der Waals surface area contributed by atoms with E-state index in [1.165, 1.54) is 18.2 Å². The highest BCUT2D eigenvalue weighted by atomic mass is 19.3. The molecule has 2 aromatic rings. The molecule has 0 amide bonds. The van der Waals surface area contributed by atoms with Crippen molar-refractivity contribution in [1.82, 2.24) is 0 Å². The Morgan fingerprint density at radius 1 is 0.909 bits per heavy atom. The summed E-state index contributed by atoms with van der Waals surface area (Å²) < 4.78 is 28.8. The number of ether oxygens (including phenoxy) is 1. The second-order valence-electron chi connectivity index (χ2n) is 5.21. The molecule has 0 fully saturated rings. The van der Waals surface area contributed by atoms with Crippen LogP contribution in [0.25, 0.3) is 0 Å². The Kier molecular flexibility index (Phi) is 5.11. The van der Waals surface area contributed by atoms with E-state index in [9.17, 15) is 19.0 Å². The maximum atomic E-state index is 12.2. The molecule has 2 atom stereocenters. The van der Waals surface area contributed by atoms with Gasteiger partial charge in [0, 0.05) is 0 Å². The Morgan fingerprint density at radius 3 is 2.09 bits per heavy atom. The van der Waals surface area contributed by atoms with Crippen LogP contribution in [0.3, 0.4) is 0 Å². The van der Waals surface area contributed by atoms with Gasteiger partial charge in [-0.15, -0.1) is 0 Å². The van der Waals surface area contributed by atoms with Crippen molar-refractivity contribution in [2.45, 2.75) is 32.7 Å². The summed E-state index contributed by atoms with van der Waals surface area (Å²) in [4.78, 5) is 0. The quantitative estimate of drug-likeness (QED) is 0.886. The van der Waals surface area contributed by atoms with Gasteiger partial charge < -0.3 is 14.9 Å². The molecule has 5 heteroatoms. The van der Waals surface area contributed by atoms with Crippen molar-refractivity contribution >= 4 is 0 Å². The van der Waals surface area contributed by atoms with E-state index in [1.807, 2.05) is 13.0 Å². The van der Waals surface area contributed by atoms with Gasteiger partial charge in [-0.1, -0.05) is 35.9 Å². The Labute approximate surface area is 127 Å². The van der Waals surface area contributed by atoms with E-state index >= 15 is 0 Å². The molecule has 0 radical (unpaired) electrons. The third kappa shape index (κ3) is 3.81. The third-order valence-electron chi connectivity index (χ3n) is 3.44. The van der Waals surface area contributed by atoms with E-state index in [-0.39, 0.29) is 5.75 Å². The van der Waals surface area contributed by atoms with E-state index in [4.69, 9.17) is 0 Å². The lowest BCUT2D eigenvalue weighted by Crippen LogP contribution is -2.11. The zero-order valence-electron chi connectivity index (χ0n) is 12.3. The molecule has 118 valence electrons. The van der Waals surface area contributed by atoms with Crippen molar-refractivity contribution in [1.29, 1.82) is 0 Å². The third-order valence-corrected chi connectivity index (χ3v) is 3.44. The van der Waals surface area contributed by atoms with E-state index < -0.39 is 18.8 Å². The highest BCUT2D eigenvalue weighted by Crippen LogP contribution is 2.31. The topological polar surface area (TPSA) is 49.7 Å². The van der Waals surface area contributed by atoms with Crippen molar-refractivity contribution in [2.24, 2.45) is 0 Å². The van der Waals surface area contributed by atoms with Crippen molar-refractivity contribution in [3.8, 4) is 5.75 Å². The standard InChI is InChI=1S/C17H18F2O3/c1-10-4-3-5-12(8-10)15(20)16(21)13-6-7-14(11(2)9-13)22-17(18)19/h3-9,15-17,20-21H,1-2H3. The van der Waals surface area contributed by atoms with E-state index in [2.05, 4.69) is 4.74 Å². The molecule has 0 aliphatic heterocycles. The molecule has 2 rings (SSSR count). The number of aryl methyl sites for hydroxylation is 2. The maximum Gasteiger partial charge on any atom is 0.387 e. The fraction of sp³-hybridized carbons (Fsp3) is 0.294. The number of hydrogen-bond acceptors (Lipinski definition) is 3. The van der Waals surface area contributed by atoms with Gasteiger partial charge in [0.1, 0.15) is 18.0 Å². The first-order valence-electron chi connectivity index (χ1n) is 6.86. The van der Waals surface area contributed by atoms with E-state index in [0.717, 1.165) is 5.56 Å². The second kappa shape index (κ2) is 6.85. The molecule has 22 heavy (non-hydrogen) atoms. The minimum absolute atomic E-state index is 0.0518. The summed E-state index contributed by atoms with van der Waals surface area (Å²) >= 11 is 0. The average molecular weight is 308 g/mol. The lowest BCUT2D eigenvalue weighted by atomic mass is 9.96. The largest absolute Gasteiger partial charge is 0.435 e. The zero-order valence-corrected chi connectivity index (χ0v) is 12.3. The summed E-state index contributed by atoms with van der Waals surface area (Å²) in [7, 11) is 0. The monoisotopic (exact) mass is 308 g/mol.